The maximum atomic E-state index is 10.9. The molecule has 1 aromatic carbocycles. The van der Waals surface area contributed by atoms with Crippen LogP contribution in [0.2, 0.25) is 0 Å². The van der Waals surface area contributed by atoms with Crippen LogP contribution >= 0.6 is 0 Å². The Morgan fingerprint density at radius 1 is 1.26 bits per heavy atom. The van der Waals surface area contributed by atoms with Crippen LogP contribution in [0.3, 0.4) is 0 Å². The summed E-state index contributed by atoms with van der Waals surface area (Å²) >= 11 is 0. The highest BCUT2D eigenvalue weighted by molar-refractivity contribution is 5.66. The van der Waals surface area contributed by atoms with Crippen molar-refractivity contribution in [3.8, 4) is 0 Å². The first-order chi connectivity index (χ1) is 9.15. The molecule has 0 aromatic heterocycles. The minimum absolute atomic E-state index is 0.283. The summed E-state index contributed by atoms with van der Waals surface area (Å²) in [6.07, 6.45) is -1.43. The largest absolute Gasteiger partial charge is 0.433 e. The second kappa shape index (κ2) is 6.65. The minimum Gasteiger partial charge on any atom is -0.433 e. The lowest BCUT2D eigenvalue weighted by atomic mass is 10.2. The molecule has 1 aliphatic rings. The first-order valence-corrected chi connectivity index (χ1v) is 6.25. The molecule has 3 atom stereocenters. The molecule has 0 amide bonds. The number of hydrogen-bond acceptors (Lipinski definition) is 5. The highest BCUT2D eigenvalue weighted by atomic mass is 16.8. The van der Waals surface area contributed by atoms with E-state index in [9.17, 15) is 4.79 Å². The van der Waals surface area contributed by atoms with Crippen molar-refractivity contribution in [1.29, 1.82) is 0 Å². The van der Waals surface area contributed by atoms with Crippen LogP contribution in [0.4, 0.5) is 0 Å². The number of ether oxygens (including phenoxy) is 4. The van der Waals surface area contributed by atoms with E-state index < -0.39 is 12.6 Å². The van der Waals surface area contributed by atoms with Gasteiger partial charge in [-0.3, -0.25) is 4.79 Å². The van der Waals surface area contributed by atoms with E-state index in [0.29, 0.717) is 13.2 Å². The predicted molar refractivity (Wildman–Crippen MR) is 67.1 cm³/mol. The van der Waals surface area contributed by atoms with Crippen molar-refractivity contribution in [3.05, 3.63) is 35.9 Å². The Labute approximate surface area is 112 Å². The first kappa shape index (κ1) is 14.0. The minimum atomic E-state index is -0.650. The van der Waals surface area contributed by atoms with Crippen molar-refractivity contribution in [2.75, 3.05) is 6.61 Å². The highest BCUT2D eigenvalue weighted by Crippen LogP contribution is 2.20. The summed E-state index contributed by atoms with van der Waals surface area (Å²) in [4.78, 5) is 10.9. The third-order valence-corrected chi connectivity index (χ3v) is 2.68. The zero-order valence-corrected chi connectivity index (χ0v) is 11.1. The molecular formula is C14H18O5. The molecule has 5 heteroatoms. The predicted octanol–water partition coefficient (Wildman–Crippen LogP) is 1.85. The number of rotatable bonds is 5. The van der Waals surface area contributed by atoms with Gasteiger partial charge >= 0.3 is 5.97 Å². The second-order valence-corrected chi connectivity index (χ2v) is 4.39. The molecule has 2 rings (SSSR count). The summed E-state index contributed by atoms with van der Waals surface area (Å²) in [5.41, 5.74) is 1.09. The average Bonchev–Trinajstić information content (AvgIpc) is 2.70. The Balaban J connectivity index is 1.71. The Morgan fingerprint density at radius 2 is 2.00 bits per heavy atom. The Bertz CT molecular complexity index is 406. The molecule has 1 fully saturated rings. The molecule has 104 valence electrons. The van der Waals surface area contributed by atoms with E-state index >= 15 is 0 Å². The SMILES string of the molecule is CC(=O)OC1OC(COCc2ccccc2)OC1C. The molecule has 0 aliphatic carbocycles. The van der Waals surface area contributed by atoms with Gasteiger partial charge in [0.2, 0.25) is 6.29 Å². The van der Waals surface area contributed by atoms with Gasteiger partial charge in [-0.25, -0.2) is 0 Å². The summed E-state index contributed by atoms with van der Waals surface area (Å²) in [7, 11) is 0. The lowest BCUT2D eigenvalue weighted by molar-refractivity contribution is -0.181. The average molecular weight is 266 g/mol. The van der Waals surface area contributed by atoms with Gasteiger partial charge < -0.3 is 18.9 Å². The molecule has 1 heterocycles. The summed E-state index contributed by atoms with van der Waals surface area (Å²) in [6.45, 7) is 3.94. The molecule has 0 radical (unpaired) electrons. The maximum absolute atomic E-state index is 10.9. The number of carbonyl (C=O) groups excluding carboxylic acids is 1. The summed E-state index contributed by atoms with van der Waals surface area (Å²) < 4.78 is 21.4. The molecule has 0 bridgehead atoms. The third-order valence-electron chi connectivity index (χ3n) is 2.68. The quantitative estimate of drug-likeness (QED) is 0.761. The van der Waals surface area contributed by atoms with Gasteiger partial charge in [-0.15, -0.1) is 0 Å². The molecule has 5 nitrogen and oxygen atoms in total. The highest BCUT2D eigenvalue weighted by Gasteiger charge is 2.35. The molecule has 0 saturated carbocycles. The molecule has 3 unspecified atom stereocenters. The van der Waals surface area contributed by atoms with E-state index in [2.05, 4.69) is 0 Å². The lowest BCUT2D eigenvalue weighted by Crippen LogP contribution is -2.25. The standard InChI is InChI=1S/C14H18O5/c1-10-14(18-11(2)15)19-13(17-10)9-16-8-12-6-4-3-5-7-12/h3-7,10,13-14H,8-9H2,1-2H3. The number of esters is 1. The van der Waals surface area contributed by atoms with E-state index in [-0.39, 0.29) is 12.1 Å². The van der Waals surface area contributed by atoms with Crippen LogP contribution in [0.15, 0.2) is 30.3 Å². The zero-order valence-electron chi connectivity index (χ0n) is 11.1. The topological polar surface area (TPSA) is 54.0 Å². The number of carbonyl (C=O) groups is 1. The summed E-state index contributed by atoms with van der Waals surface area (Å²) in [6, 6.07) is 9.85. The Hall–Kier alpha value is -1.43. The summed E-state index contributed by atoms with van der Waals surface area (Å²) in [5, 5.41) is 0. The van der Waals surface area contributed by atoms with Gasteiger partial charge in [-0.2, -0.15) is 0 Å². The van der Waals surface area contributed by atoms with E-state index in [1.54, 1.807) is 6.92 Å². The normalized spacial score (nSPS) is 26.3. The van der Waals surface area contributed by atoms with Crippen molar-refractivity contribution in [3.63, 3.8) is 0 Å². The fraction of sp³-hybridized carbons (Fsp3) is 0.500. The number of hydrogen-bond donors (Lipinski definition) is 0. The molecule has 19 heavy (non-hydrogen) atoms. The van der Waals surface area contributed by atoms with Gasteiger partial charge in [0.25, 0.3) is 0 Å². The molecule has 1 aliphatic heterocycles. The second-order valence-electron chi connectivity index (χ2n) is 4.39. The van der Waals surface area contributed by atoms with Crippen LogP contribution in [0.5, 0.6) is 0 Å². The number of benzene rings is 1. The van der Waals surface area contributed by atoms with Gasteiger partial charge in [0.1, 0.15) is 6.10 Å². The summed E-state index contributed by atoms with van der Waals surface area (Å²) in [5.74, 6) is -0.383. The van der Waals surface area contributed by atoms with E-state index in [0.717, 1.165) is 5.56 Å². The molecular weight excluding hydrogens is 248 g/mol. The first-order valence-electron chi connectivity index (χ1n) is 6.25. The lowest BCUT2D eigenvalue weighted by Gasteiger charge is -2.12. The van der Waals surface area contributed by atoms with Crippen LogP contribution < -0.4 is 0 Å². The maximum Gasteiger partial charge on any atom is 0.305 e. The monoisotopic (exact) mass is 266 g/mol. The van der Waals surface area contributed by atoms with Gasteiger partial charge in [-0.05, 0) is 12.5 Å². The Kier molecular flexibility index (Phi) is 4.90. The van der Waals surface area contributed by atoms with Crippen LogP contribution in [-0.4, -0.2) is 31.3 Å². The smallest absolute Gasteiger partial charge is 0.305 e. The van der Waals surface area contributed by atoms with Gasteiger partial charge in [0.15, 0.2) is 6.29 Å². The molecule has 0 spiro atoms. The van der Waals surface area contributed by atoms with Crippen LogP contribution in [0.25, 0.3) is 0 Å². The van der Waals surface area contributed by atoms with E-state index in [1.807, 2.05) is 30.3 Å². The van der Waals surface area contributed by atoms with Crippen LogP contribution in [-0.2, 0) is 30.3 Å². The van der Waals surface area contributed by atoms with Crippen molar-refractivity contribution in [1.82, 2.24) is 0 Å². The Morgan fingerprint density at radius 3 is 2.68 bits per heavy atom. The van der Waals surface area contributed by atoms with Gasteiger partial charge in [-0.1, -0.05) is 30.3 Å². The van der Waals surface area contributed by atoms with Crippen molar-refractivity contribution in [2.45, 2.75) is 39.1 Å². The fourth-order valence-corrected chi connectivity index (χ4v) is 1.81. The zero-order chi connectivity index (χ0) is 13.7. The molecule has 1 saturated heterocycles. The molecule has 1 aromatic rings. The van der Waals surface area contributed by atoms with Crippen molar-refractivity contribution in [2.24, 2.45) is 0 Å². The fourth-order valence-electron chi connectivity index (χ4n) is 1.81. The van der Waals surface area contributed by atoms with E-state index in [4.69, 9.17) is 18.9 Å². The van der Waals surface area contributed by atoms with Gasteiger partial charge in [0.05, 0.1) is 13.2 Å². The third kappa shape index (κ3) is 4.31. The molecule has 0 N–H and O–H groups in total. The van der Waals surface area contributed by atoms with Crippen molar-refractivity contribution >= 4 is 5.97 Å². The van der Waals surface area contributed by atoms with Crippen LogP contribution in [0, 0.1) is 0 Å². The van der Waals surface area contributed by atoms with E-state index in [1.165, 1.54) is 6.92 Å². The van der Waals surface area contributed by atoms with Crippen molar-refractivity contribution < 1.29 is 23.7 Å². The van der Waals surface area contributed by atoms with Gasteiger partial charge in [0, 0.05) is 6.92 Å². The van der Waals surface area contributed by atoms with Crippen LogP contribution in [0.1, 0.15) is 19.4 Å².